The molecular formula is C30H57AlO3. The van der Waals surface area contributed by atoms with Crippen molar-refractivity contribution in [2.75, 3.05) is 0 Å². The first-order chi connectivity index (χ1) is 16.4. The Balaban J connectivity index is 1.58. The molecule has 0 bridgehead atoms. The lowest BCUT2D eigenvalue weighted by molar-refractivity contribution is -0.0431. The molecule has 0 atom stereocenters. The van der Waals surface area contributed by atoms with Gasteiger partial charge in [0.15, 0.2) is 0 Å². The van der Waals surface area contributed by atoms with Crippen molar-refractivity contribution >= 4 is 15.1 Å². The highest BCUT2D eigenvalue weighted by atomic mass is 27.3. The number of hydrogen-bond donors (Lipinski definition) is 0. The minimum atomic E-state index is -2.14. The molecule has 3 aliphatic carbocycles. The molecule has 3 nitrogen and oxygen atoms in total. The van der Waals surface area contributed by atoms with Crippen LogP contribution < -0.4 is 0 Å². The van der Waals surface area contributed by atoms with E-state index in [4.69, 9.17) is 11.4 Å². The quantitative estimate of drug-likeness (QED) is 0.254. The highest BCUT2D eigenvalue weighted by Crippen LogP contribution is 2.46. The van der Waals surface area contributed by atoms with Crippen molar-refractivity contribution in [1.82, 2.24) is 0 Å². The number of rotatable bonds is 12. The summed E-state index contributed by atoms with van der Waals surface area (Å²) in [5, 5.41) is 0. The van der Waals surface area contributed by atoms with Gasteiger partial charge in [-0.15, -0.1) is 0 Å². The Morgan fingerprint density at radius 3 is 0.824 bits per heavy atom. The molecule has 0 aromatic carbocycles. The summed E-state index contributed by atoms with van der Waals surface area (Å²) < 4.78 is 20.3. The fraction of sp³-hybridized carbons (Fsp3) is 1.00. The summed E-state index contributed by atoms with van der Waals surface area (Å²) in [6.45, 7) is 14.2. The molecule has 4 heteroatoms. The molecule has 0 saturated heterocycles. The van der Waals surface area contributed by atoms with Gasteiger partial charge in [-0.05, 0) is 93.3 Å². The monoisotopic (exact) mass is 492 g/mol. The molecule has 0 radical (unpaired) electrons. The van der Waals surface area contributed by atoms with Gasteiger partial charge in [-0.25, -0.2) is 0 Å². The summed E-state index contributed by atoms with van der Waals surface area (Å²) in [6, 6.07) is 0. The molecule has 0 aromatic heterocycles. The van der Waals surface area contributed by atoms with Crippen molar-refractivity contribution < 1.29 is 11.4 Å². The minimum Gasteiger partial charge on any atom is -0.452 e. The average molecular weight is 493 g/mol. The first-order valence-corrected chi connectivity index (χ1v) is 16.8. The van der Waals surface area contributed by atoms with Gasteiger partial charge in [-0.1, -0.05) is 80.1 Å². The van der Waals surface area contributed by atoms with E-state index in [1.54, 1.807) is 0 Å². The van der Waals surface area contributed by atoms with Gasteiger partial charge in [-0.2, -0.15) is 0 Å². The third kappa shape index (κ3) is 7.25. The van der Waals surface area contributed by atoms with Gasteiger partial charge in [0.25, 0.3) is 0 Å². The van der Waals surface area contributed by atoms with Crippen molar-refractivity contribution in [1.29, 1.82) is 0 Å². The molecule has 198 valence electrons. The molecule has 0 aromatic rings. The van der Waals surface area contributed by atoms with Gasteiger partial charge in [0.1, 0.15) is 0 Å². The smallest absolute Gasteiger partial charge is 0.452 e. The molecule has 0 aliphatic heterocycles. The van der Waals surface area contributed by atoms with Crippen LogP contribution in [0.3, 0.4) is 0 Å². The molecule has 0 N–H and O–H groups in total. The van der Waals surface area contributed by atoms with Crippen LogP contribution in [-0.2, 0) is 11.4 Å². The third-order valence-corrected chi connectivity index (χ3v) is 13.2. The van der Waals surface area contributed by atoms with Crippen molar-refractivity contribution in [3.63, 3.8) is 0 Å². The lowest BCUT2D eigenvalue weighted by Crippen LogP contribution is -2.43. The van der Waals surface area contributed by atoms with Crippen LogP contribution in [0.2, 0.25) is 0 Å². The Morgan fingerprint density at radius 2 is 0.647 bits per heavy atom. The van der Waals surface area contributed by atoms with E-state index in [0.717, 1.165) is 0 Å². The van der Waals surface area contributed by atoms with Crippen molar-refractivity contribution in [3.8, 4) is 0 Å². The van der Waals surface area contributed by atoms with Gasteiger partial charge in [0.05, 0.1) is 0 Å². The van der Waals surface area contributed by atoms with Crippen LogP contribution in [0.25, 0.3) is 0 Å². The van der Waals surface area contributed by atoms with E-state index >= 15 is 0 Å². The first-order valence-electron chi connectivity index (χ1n) is 15.3. The van der Waals surface area contributed by atoms with Crippen molar-refractivity contribution in [3.05, 3.63) is 0 Å². The second-order valence-electron chi connectivity index (χ2n) is 12.4. The Labute approximate surface area is 217 Å². The second-order valence-corrected chi connectivity index (χ2v) is 13.8. The maximum absolute atomic E-state index is 6.78. The van der Waals surface area contributed by atoms with Gasteiger partial charge in [-0.3, -0.25) is 0 Å². The van der Waals surface area contributed by atoms with Crippen molar-refractivity contribution in [2.24, 2.45) is 16.2 Å². The second kappa shape index (κ2) is 13.3. The summed E-state index contributed by atoms with van der Waals surface area (Å²) in [6.07, 6.45) is 23.9. The molecule has 3 rings (SSSR count). The lowest BCUT2D eigenvalue weighted by atomic mass is 9.70. The predicted molar refractivity (Wildman–Crippen MR) is 145 cm³/mol. The van der Waals surface area contributed by atoms with E-state index in [2.05, 4.69) is 41.5 Å². The highest BCUT2D eigenvalue weighted by molar-refractivity contribution is 6.36. The van der Waals surface area contributed by atoms with Gasteiger partial charge in [0.2, 0.25) is 0 Å². The zero-order valence-corrected chi connectivity index (χ0v) is 24.9. The SMILES string of the molecule is CCC1(CC)CCC([O][Al]([O]C2CCC(CC)(CC)CC2)[O]C2CCC(CC)(CC)CC2)CC1. The van der Waals surface area contributed by atoms with Crippen LogP contribution in [0.4, 0.5) is 0 Å². The van der Waals surface area contributed by atoms with Crippen LogP contribution in [-0.4, -0.2) is 33.5 Å². The molecule has 0 amide bonds. The maximum Gasteiger partial charge on any atom is 0.906 e. The fourth-order valence-corrected chi connectivity index (χ4v) is 9.41. The maximum atomic E-state index is 6.78. The molecule has 34 heavy (non-hydrogen) atoms. The van der Waals surface area contributed by atoms with Gasteiger partial charge in [0, 0.05) is 18.3 Å². The zero-order chi connectivity index (χ0) is 24.7. The average Bonchev–Trinajstić information content (AvgIpc) is 2.90. The fourth-order valence-electron chi connectivity index (χ4n) is 7.46. The zero-order valence-electron chi connectivity index (χ0n) is 23.8. The van der Waals surface area contributed by atoms with E-state index in [1.165, 1.54) is 116 Å². The van der Waals surface area contributed by atoms with Crippen LogP contribution in [0, 0.1) is 16.2 Å². The van der Waals surface area contributed by atoms with Crippen LogP contribution in [0.15, 0.2) is 0 Å². The van der Waals surface area contributed by atoms with E-state index < -0.39 is 15.1 Å². The molecule has 3 saturated carbocycles. The van der Waals surface area contributed by atoms with Crippen molar-refractivity contribution in [2.45, 2.75) is 175 Å². The summed E-state index contributed by atoms with van der Waals surface area (Å²) in [7, 11) is 0. The lowest BCUT2D eigenvalue weighted by Gasteiger charge is -2.42. The Kier molecular flexibility index (Phi) is 11.3. The summed E-state index contributed by atoms with van der Waals surface area (Å²) in [5.74, 6) is 0. The molecule has 0 heterocycles. The first kappa shape index (κ1) is 29.0. The van der Waals surface area contributed by atoms with E-state index in [0.29, 0.717) is 34.6 Å². The summed E-state index contributed by atoms with van der Waals surface area (Å²) in [4.78, 5) is 0. The molecule has 3 fully saturated rings. The minimum absolute atomic E-state index is 0.353. The van der Waals surface area contributed by atoms with Crippen LogP contribution in [0.1, 0.15) is 157 Å². The third-order valence-electron chi connectivity index (χ3n) is 11.4. The van der Waals surface area contributed by atoms with Gasteiger partial charge < -0.3 is 11.4 Å². The topological polar surface area (TPSA) is 27.7 Å². The van der Waals surface area contributed by atoms with E-state index in [1.807, 2.05) is 0 Å². The van der Waals surface area contributed by atoms with E-state index in [9.17, 15) is 0 Å². The Morgan fingerprint density at radius 1 is 0.441 bits per heavy atom. The largest absolute Gasteiger partial charge is 0.906 e. The van der Waals surface area contributed by atoms with Gasteiger partial charge >= 0.3 is 15.1 Å². The Hall–Kier alpha value is 0.412. The molecule has 0 unspecified atom stereocenters. The van der Waals surface area contributed by atoms with E-state index in [-0.39, 0.29) is 0 Å². The Bertz CT molecular complexity index is 471. The summed E-state index contributed by atoms with van der Waals surface area (Å²) in [5.41, 5.74) is 1.66. The molecule has 3 aliphatic rings. The summed E-state index contributed by atoms with van der Waals surface area (Å²) >= 11 is -2.14. The van der Waals surface area contributed by atoms with Crippen LogP contribution in [0.5, 0.6) is 0 Å². The number of hydrogen-bond acceptors (Lipinski definition) is 3. The standard InChI is InChI=1S/3C10H19O.Al/c3*1-3-10(4-2)7-5-9(11)6-8-10;/h3*9H,3-8H2,1-2H3;/q3*-1;+3. The highest BCUT2D eigenvalue weighted by Gasteiger charge is 2.44. The van der Waals surface area contributed by atoms with Crippen LogP contribution >= 0.6 is 0 Å². The molecular weight excluding hydrogens is 435 g/mol. The normalized spacial score (nSPS) is 25.9. The predicted octanol–water partition coefficient (Wildman–Crippen LogP) is 9.27. The molecule has 0 spiro atoms.